The molecule has 0 bridgehead atoms. The van der Waals surface area contributed by atoms with Crippen LogP contribution < -0.4 is 16.4 Å². The third-order valence-electron chi connectivity index (χ3n) is 5.60. The Bertz CT molecular complexity index is 621. The van der Waals surface area contributed by atoms with Gasteiger partial charge in [0, 0.05) is 12.0 Å². The van der Waals surface area contributed by atoms with E-state index in [1.807, 2.05) is 13.8 Å². The first-order valence-corrected chi connectivity index (χ1v) is 9.72. The molecule has 0 aliphatic heterocycles. The highest BCUT2D eigenvalue weighted by atomic mass is 16.2. The van der Waals surface area contributed by atoms with Crippen LogP contribution in [-0.4, -0.2) is 30.9 Å². The van der Waals surface area contributed by atoms with Crippen LogP contribution in [0.1, 0.15) is 57.1 Å². The third-order valence-corrected chi connectivity index (χ3v) is 5.60. The first kappa shape index (κ1) is 20.4. The minimum atomic E-state index is -0.584. The predicted octanol–water partition coefficient (Wildman–Crippen LogP) is 2.41. The molecule has 1 aromatic carbocycles. The summed E-state index contributed by atoms with van der Waals surface area (Å²) in [4.78, 5) is 24.2. The summed E-state index contributed by atoms with van der Waals surface area (Å²) >= 11 is 0. The van der Waals surface area contributed by atoms with E-state index in [0.717, 1.165) is 12.8 Å². The fraction of sp³-hybridized carbons (Fsp3) is 0.619. The molecule has 0 unspecified atom stereocenters. The Morgan fingerprint density at radius 3 is 2.38 bits per heavy atom. The molecule has 0 spiro atoms. The zero-order valence-electron chi connectivity index (χ0n) is 16.3. The van der Waals surface area contributed by atoms with E-state index in [1.165, 1.54) is 30.4 Å². The lowest BCUT2D eigenvalue weighted by atomic mass is 9.68. The van der Waals surface area contributed by atoms with Gasteiger partial charge in [-0.25, -0.2) is 0 Å². The largest absolute Gasteiger partial charge is 0.354 e. The first-order valence-electron chi connectivity index (χ1n) is 9.72. The fourth-order valence-electron chi connectivity index (χ4n) is 3.86. The van der Waals surface area contributed by atoms with Crippen molar-refractivity contribution < 1.29 is 9.59 Å². The van der Waals surface area contributed by atoms with Crippen molar-refractivity contribution in [2.24, 2.45) is 11.7 Å². The minimum Gasteiger partial charge on any atom is -0.354 e. The summed E-state index contributed by atoms with van der Waals surface area (Å²) in [6.45, 7) is 6.51. The number of amides is 2. The average molecular weight is 360 g/mol. The molecule has 1 saturated carbocycles. The number of nitrogens with one attached hydrogen (secondary N) is 2. The Kier molecular flexibility index (Phi) is 7.21. The first-order chi connectivity index (χ1) is 12.4. The maximum Gasteiger partial charge on any atom is 0.239 e. The Morgan fingerprint density at radius 1 is 1.12 bits per heavy atom. The van der Waals surface area contributed by atoms with Crippen molar-refractivity contribution in [1.82, 2.24) is 10.6 Å². The standard InChI is InChI=1S/C21H33N3O2/c1-15(2)19(22)20(26)23-13-18(25)24-14-21(11-7-4-8-12-21)17-10-6-5-9-16(17)3/h5-6,9-10,15,19H,4,7-8,11-14,22H2,1-3H3,(H,23,26)(H,24,25)/t19-/m0/s1. The molecule has 1 atom stereocenters. The number of hydrogen-bond donors (Lipinski definition) is 3. The molecule has 2 amide bonds. The van der Waals surface area contributed by atoms with Gasteiger partial charge in [0.15, 0.2) is 0 Å². The molecule has 2 rings (SSSR count). The average Bonchev–Trinajstić information content (AvgIpc) is 2.64. The molecule has 1 aliphatic carbocycles. The molecule has 0 heterocycles. The lowest BCUT2D eigenvalue weighted by molar-refractivity contribution is -0.127. The van der Waals surface area contributed by atoms with Gasteiger partial charge in [0.05, 0.1) is 12.6 Å². The number of hydrogen-bond acceptors (Lipinski definition) is 3. The van der Waals surface area contributed by atoms with E-state index in [2.05, 4.69) is 41.8 Å². The third kappa shape index (κ3) is 5.07. The lowest BCUT2D eigenvalue weighted by Gasteiger charge is -2.39. The number of carbonyl (C=O) groups is 2. The molecular formula is C21H33N3O2. The van der Waals surface area contributed by atoms with Crippen molar-refractivity contribution >= 4 is 11.8 Å². The van der Waals surface area contributed by atoms with Crippen LogP contribution in [-0.2, 0) is 15.0 Å². The second-order valence-electron chi connectivity index (χ2n) is 7.92. The zero-order valence-corrected chi connectivity index (χ0v) is 16.3. The monoisotopic (exact) mass is 359 g/mol. The molecule has 0 aromatic heterocycles. The van der Waals surface area contributed by atoms with Gasteiger partial charge in [0.25, 0.3) is 0 Å². The summed E-state index contributed by atoms with van der Waals surface area (Å²) in [5, 5.41) is 5.69. The van der Waals surface area contributed by atoms with Gasteiger partial charge in [0.2, 0.25) is 11.8 Å². The number of benzene rings is 1. The Balaban J connectivity index is 1.97. The van der Waals surface area contributed by atoms with Crippen LogP contribution in [0.25, 0.3) is 0 Å². The second kappa shape index (κ2) is 9.17. The number of carbonyl (C=O) groups excluding carboxylic acids is 2. The van der Waals surface area contributed by atoms with Gasteiger partial charge < -0.3 is 16.4 Å². The summed E-state index contributed by atoms with van der Waals surface area (Å²) in [6.07, 6.45) is 5.80. The maximum atomic E-state index is 12.3. The quantitative estimate of drug-likeness (QED) is 0.699. The van der Waals surface area contributed by atoms with E-state index in [0.29, 0.717) is 6.54 Å². The number of nitrogens with two attached hydrogens (primary N) is 1. The molecule has 1 aromatic rings. The van der Waals surface area contributed by atoms with E-state index in [4.69, 9.17) is 5.73 Å². The van der Waals surface area contributed by atoms with Gasteiger partial charge in [0.1, 0.15) is 0 Å². The summed E-state index contributed by atoms with van der Waals surface area (Å²) in [6, 6.07) is 7.88. The minimum absolute atomic E-state index is 0.00238. The molecule has 1 fully saturated rings. The van der Waals surface area contributed by atoms with Crippen LogP contribution in [0.5, 0.6) is 0 Å². The van der Waals surface area contributed by atoms with E-state index in [9.17, 15) is 9.59 Å². The summed E-state index contributed by atoms with van der Waals surface area (Å²) < 4.78 is 0. The highest BCUT2D eigenvalue weighted by Gasteiger charge is 2.35. The fourth-order valence-corrected chi connectivity index (χ4v) is 3.86. The van der Waals surface area contributed by atoms with E-state index < -0.39 is 6.04 Å². The highest BCUT2D eigenvalue weighted by molar-refractivity contribution is 5.87. The van der Waals surface area contributed by atoms with Crippen LogP contribution in [0.2, 0.25) is 0 Å². The summed E-state index contributed by atoms with van der Waals surface area (Å²) in [5.41, 5.74) is 8.42. The van der Waals surface area contributed by atoms with Crippen molar-refractivity contribution in [3.8, 4) is 0 Å². The van der Waals surface area contributed by atoms with Crippen LogP contribution in [0.15, 0.2) is 24.3 Å². The van der Waals surface area contributed by atoms with E-state index >= 15 is 0 Å². The molecular weight excluding hydrogens is 326 g/mol. The highest BCUT2D eigenvalue weighted by Crippen LogP contribution is 2.40. The van der Waals surface area contributed by atoms with Gasteiger partial charge in [-0.2, -0.15) is 0 Å². The molecule has 26 heavy (non-hydrogen) atoms. The lowest BCUT2D eigenvalue weighted by Crippen LogP contribution is -2.49. The molecule has 5 heteroatoms. The van der Waals surface area contributed by atoms with E-state index in [1.54, 1.807) is 0 Å². The van der Waals surface area contributed by atoms with Crippen LogP contribution in [0, 0.1) is 12.8 Å². The van der Waals surface area contributed by atoms with Gasteiger partial charge in [-0.05, 0) is 36.8 Å². The molecule has 4 N–H and O–H groups in total. The van der Waals surface area contributed by atoms with Crippen molar-refractivity contribution in [2.45, 2.75) is 64.3 Å². The second-order valence-corrected chi connectivity index (χ2v) is 7.92. The normalized spacial score (nSPS) is 17.6. The predicted molar refractivity (Wildman–Crippen MR) is 105 cm³/mol. The Labute approximate surface area is 157 Å². The molecule has 144 valence electrons. The van der Waals surface area contributed by atoms with Crippen LogP contribution in [0.3, 0.4) is 0 Å². The Hall–Kier alpha value is -1.88. The number of aryl methyl sites for hydroxylation is 1. The SMILES string of the molecule is Cc1ccccc1C1(CNC(=O)CNC(=O)[C@@H](N)C(C)C)CCCCC1. The topological polar surface area (TPSA) is 84.2 Å². The molecule has 0 saturated heterocycles. The molecule has 1 aliphatic rings. The van der Waals surface area contributed by atoms with Crippen molar-refractivity contribution in [2.75, 3.05) is 13.1 Å². The number of rotatable bonds is 7. The van der Waals surface area contributed by atoms with Crippen molar-refractivity contribution in [3.05, 3.63) is 35.4 Å². The van der Waals surface area contributed by atoms with Gasteiger partial charge in [-0.3, -0.25) is 9.59 Å². The molecule has 0 radical (unpaired) electrons. The van der Waals surface area contributed by atoms with E-state index in [-0.39, 0.29) is 29.7 Å². The zero-order chi connectivity index (χ0) is 19.2. The van der Waals surface area contributed by atoms with Gasteiger partial charge >= 0.3 is 0 Å². The maximum absolute atomic E-state index is 12.3. The smallest absolute Gasteiger partial charge is 0.239 e. The van der Waals surface area contributed by atoms with Crippen LogP contribution in [0.4, 0.5) is 0 Å². The summed E-state index contributed by atoms with van der Waals surface area (Å²) in [5.74, 6) is -0.390. The Morgan fingerprint density at radius 2 is 1.77 bits per heavy atom. The van der Waals surface area contributed by atoms with Crippen LogP contribution >= 0.6 is 0 Å². The molecule has 5 nitrogen and oxygen atoms in total. The summed E-state index contributed by atoms with van der Waals surface area (Å²) in [7, 11) is 0. The van der Waals surface area contributed by atoms with Gasteiger partial charge in [-0.1, -0.05) is 57.4 Å². The van der Waals surface area contributed by atoms with Crippen molar-refractivity contribution in [1.29, 1.82) is 0 Å². The van der Waals surface area contributed by atoms with Gasteiger partial charge in [-0.15, -0.1) is 0 Å². The van der Waals surface area contributed by atoms with Crippen molar-refractivity contribution in [3.63, 3.8) is 0 Å².